The number of aliphatic carboxylic acids is 1. The van der Waals surface area contributed by atoms with E-state index >= 15 is 0 Å². The number of rotatable bonds is 7. The van der Waals surface area contributed by atoms with Gasteiger partial charge < -0.3 is 16.6 Å². The summed E-state index contributed by atoms with van der Waals surface area (Å²) in [5.41, 5.74) is 7.14. The molecule has 7 heteroatoms. The lowest BCUT2D eigenvalue weighted by Crippen LogP contribution is -2.47. The van der Waals surface area contributed by atoms with Crippen LogP contribution in [-0.2, 0) is 14.4 Å². The lowest BCUT2D eigenvalue weighted by molar-refractivity contribution is -0.153. The van der Waals surface area contributed by atoms with Crippen LogP contribution in [0, 0.1) is 0 Å². The number of nitrogens with zero attached hydrogens (tertiary/aromatic N) is 1. The molecule has 0 spiro atoms. The molecule has 92 valence electrons. The van der Waals surface area contributed by atoms with E-state index in [0.29, 0.717) is 11.3 Å². The summed E-state index contributed by atoms with van der Waals surface area (Å²) in [6, 6.07) is -0.934. The molecule has 0 aliphatic heterocycles. The molecule has 0 rings (SSSR count). The minimum atomic E-state index is -1.28. The van der Waals surface area contributed by atoms with E-state index in [1.165, 1.54) is 6.92 Å². The third-order valence-electron chi connectivity index (χ3n) is 1.83. The molecule has 2 amide bonds. The zero-order chi connectivity index (χ0) is 13.4. The normalized spacial score (nSPS) is 12.8. The predicted octanol–water partition coefficient (Wildman–Crippen LogP) is -1.49. The summed E-state index contributed by atoms with van der Waals surface area (Å²) >= 11 is 0. The molecule has 0 aliphatic rings. The lowest BCUT2D eigenvalue weighted by Gasteiger charge is -2.20. The van der Waals surface area contributed by atoms with Gasteiger partial charge in [-0.2, -0.15) is 0 Å². The summed E-state index contributed by atoms with van der Waals surface area (Å²) in [4.78, 5) is 34.4. The van der Waals surface area contributed by atoms with Gasteiger partial charge in [0, 0.05) is 6.42 Å². The van der Waals surface area contributed by atoms with Gasteiger partial charge in [-0.05, 0) is 19.9 Å². The number of hydrogen-bond donors (Lipinski definition) is 3. The average molecular weight is 232 g/mol. The maximum Gasteiger partial charge on any atom is 0.323 e. The summed E-state index contributed by atoms with van der Waals surface area (Å²) in [7, 11) is 0. The van der Waals surface area contributed by atoms with Crippen LogP contribution >= 0.6 is 0 Å². The smallest absolute Gasteiger partial charge is 0.323 e. The van der Waals surface area contributed by atoms with Gasteiger partial charge in [0.05, 0.1) is 6.04 Å². The Labute approximate surface area is 94.8 Å². The molecule has 0 saturated heterocycles. The lowest BCUT2D eigenvalue weighted by atomic mass is 10.2. The van der Waals surface area contributed by atoms with Crippen LogP contribution in [0.3, 0.4) is 0 Å². The summed E-state index contributed by atoms with van der Waals surface area (Å²) in [6.07, 6.45) is 0.394. The topological polar surface area (TPSA) is 127 Å². The molecule has 16 heavy (non-hydrogen) atoms. The van der Waals surface area contributed by atoms with Crippen LogP contribution in [0.5, 0.6) is 0 Å². The second kappa shape index (κ2) is 6.91. The van der Waals surface area contributed by atoms with Crippen molar-refractivity contribution < 1.29 is 20.9 Å². The highest BCUT2D eigenvalue weighted by Gasteiger charge is 2.25. The van der Waals surface area contributed by atoms with Crippen LogP contribution in [0.2, 0.25) is 1.41 Å². The van der Waals surface area contributed by atoms with Crippen LogP contribution in [0.15, 0.2) is 0 Å². The highest BCUT2D eigenvalue weighted by Crippen LogP contribution is 2.00. The SMILES string of the molecule is [2H]N[C@H](C)C(=O)N(CC(=O)O)C(=O)CCCN. The number of carboxylic acids is 1. The minimum absolute atomic E-state index is 0.0141. The summed E-state index contributed by atoms with van der Waals surface area (Å²) < 4.78 is 6.82. The largest absolute Gasteiger partial charge is 0.480 e. The third-order valence-corrected chi connectivity index (χ3v) is 1.83. The molecule has 0 heterocycles. The first kappa shape index (κ1) is 12.6. The first-order chi connectivity index (χ1) is 7.93. The van der Waals surface area contributed by atoms with Crippen molar-refractivity contribution in [3.8, 4) is 0 Å². The molecule has 0 aromatic rings. The maximum atomic E-state index is 11.6. The first-order valence-electron chi connectivity index (χ1n) is 5.37. The number of amides is 2. The van der Waals surface area contributed by atoms with Crippen LogP contribution in [0.1, 0.15) is 19.8 Å². The fourth-order valence-electron chi connectivity index (χ4n) is 1.05. The Kier molecular flexibility index (Phi) is 5.44. The molecule has 0 aromatic heterocycles. The van der Waals surface area contributed by atoms with Gasteiger partial charge in [-0.15, -0.1) is 0 Å². The van der Waals surface area contributed by atoms with Gasteiger partial charge in [0.15, 0.2) is 0 Å². The van der Waals surface area contributed by atoms with Gasteiger partial charge in [-0.25, -0.2) is 0 Å². The van der Waals surface area contributed by atoms with Gasteiger partial charge in [0.25, 0.3) is 0 Å². The van der Waals surface area contributed by atoms with Gasteiger partial charge >= 0.3 is 5.97 Å². The number of hydrogen-bond acceptors (Lipinski definition) is 5. The van der Waals surface area contributed by atoms with Crippen molar-refractivity contribution >= 4 is 17.8 Å². The average Bonchev–Trinajstić information content (AvgIpc) is 2.30. The van der Waals surface area contributed by atoms with Crippen LogP contribution < -0.4 is 11.5 Å². The molecule has 0 radical (unpaired) electrons. The molecular weight excluding hydrogens is 214 g/mol. The van der Waals surface area contributed by atoms with Crippen molar-refractivity contribution in [1.82, 2.24) is 4.90 Å². The highest BCUT2D eigenvalue weighted by atomic mass is 16.4. The summed E-state index contributed by atoms with van der Waals surface area (Å²) in [5.74, 6) is -2.61. The number of carbonyl (C=O) groups excluding carboxylic acids is 2. The van der Waals surface area contributed by atoms with Crippen molar-refractivity contribution in [2.24, 2.45) is 11.5 Å². The Bertz CT molecular complexity index is 298. The zero-order valence-electron chi connectivity index (χ0n) is 10.1. The second-order valence-corrected chi connectivity index (χ2v) is 3.33. The van der Waals surface area contributed by atoms with Gasteiger partial charge in [0.1, 0.15) is 7.96 Å². The Balaban J connectivity index is 4.68. The zero-order valence-corrected chi connectivity index (χ0v) is 9.10. The standard InChI is InChI=1S/C9H17N3O4/c1-6(11)9(16)12(5-8(14)15)7(13)3-2-4-10/h6H,2-5,10-11H2,1H3,(H,14,15)/t6-/m1/s1/i/hD. The molecule has 0 saturated carbocycles. The van der Waals surface area contributed by atoms with Crippen LogP contribution in [-0.4, -0.2) is 46.9 Å². The fourth-order valence-corrected chi connectivity index (χ4v) is 1.05. The second-order valence-electron chi connectivity index (χ2n) is 3.33. The van der Waals surface area contributed by atoms with Crippen molar-refractivity contribution in [3.63, 3.8) is 0 Å². The van der Waals surface area contributed by atoms with Gasteiger partial charge in [0.2, 0.25) is 11.8 Å². The number of carbonyl (C=O) groups is 3. The molecule has 0 aliphatic carbocycles. The van der Waals surface area contributed by atoms with Crippen molar-refractivity contribution in [1.29, 1.82) is 0 Å². The van der Waals surface area contributed by atoms with Crippen molar-refractivity contribution in [2.45, 2.75) is 25.8 Å². The molecular formula is C9H17N3O4. The van der Waals surface area contributed by atoms with E-state index in [2.05, 4.69) is 0 Å². The monoisotopic (exact) mass is 232 g/mol. The Hall–Kier alpha value is -1.47. The molecule has 7 nitrogen and oxygen atoms in total. The molecule has 1 atom stereocenters. The molecule has 0 bridgehead atoms. The molecule has 5 N–H and O–H groups in total. The predicted molar refractivity (Wildman–Crippen MR) is 56.3 cm³/mol. The van der Waals surface area contributed by atoms with Gasteiger partial charge in [-0.3, -0.25) is 19.3 Å². The van der Waals surface area contributed by atoms with E-state index in [-0.39, 0.29) is 13.0 Å². The third kappa shape index (κ3) is 4.85. The van der Waals surface area contributed by atoms with E-state index in [1.54, 1.807) is 0 Å². The molecule has 0 aromatic carbocycles. The summed E-state index contributed by atoms with van der Waals surface area (Å²) in [5, 5.41) is 8.62. The Morgan fingerprint density at radius 1 is 1.50 bits per heavy atom. The molecule has 0 unspecified atom stereocenters. The Morgan fingerprint density at radius 2 is 2.12 bits per heavy atom. The quantitative estimate of drug-likeness (QED) is 0.491. The Morgan fingerprint density at radius 3 is 2.56 bits per heavy atom. The van der Waals surface area contributed by atoms with Crippen molar-refractivity contribution in [2.75, 3.05) is 13.1 Å². The number of nitrogens with two attached hydrogens (primary N) is 2. The highest BCUT2D eigenvalue weighted by molar-refractivity contribution is 5.99. The van der Waals surface area contributed by atoms with E-state index < -0.39 is 30.4 Å². The molecule has 0 fully saturated rings. The first-order valence-corrected chi connectivity index (χ1v) is 4.87. The van der Waals surface area contributed by atoms with Gasteiger partial charge in [-0.1, -0.05) is 0 Å². The van der Waals surface area contributed by atoms with E-state index in [1.807, 2.05) is 5.73 Å². The van der Waals surface area contributed by atoms with Crippen molar-refractivity contribution in [3.05, 3.63) is 0 Å². The minimum Gasteiger partial charge on any atom is -0.480 e. The van der Waals surface area contributed by atoms with Crippen LogP contribution in [0.25, 0.3) is 0 Å². The van der Waals surface area contributed by atoms with E-state index in [0.717, 1.165) is 0 Å². The number of carboxylic acid groups (broad SMARTS) is 1. The van der Waals surface area contributed by atoms with Crippen LogP contribution in [0.4, 0.5) is 0 Å². The maximum absolute atomic E-state index is 11.6. The fraction of sp³-hybridized carbons (Fsp3) is 0.667. The summed E-state index contributed by atoms with van der Waals surface area (Å²) in [6.45, 7) is 0.960. The van der Waals surface area contributed by atoms with E-state index in [9.17, 15) is 14.4 Å². The number of imide groups is 1. The van der Waals surface area contributed by atoms with E-state index in [4.69, 9.17) is 12.3 Å².